The molecule has 0 radical (unpaired) electrons. The van der Waals surface area contributed by atoms with Crippen molar-refractivity contribution < 1.29 is 19.5 Å². The van der Waals surface area contributed by atoms with Gasteiger partial charge in [0.25, 0.3) is 5.91 Å². The van der Waals surface area contributed by atoms with E-state index in [9.17, 15) is 14.4 Å². The lowest BCUT2D eigenvalue weighted by Crippen LogP contribution is -2.27. The van der Waals surface area contributed by atoms with Gasteiger partial charge in [-0.3, -0.25) is 23.9 Å². The number of imide groups is 1. The highest BCUT2D eigenvalue weighted by molar-refractivity contribution is 7.99. The van der Waals surface area contributed by atoms with Crippen molar-refractivity contribution in [3.63, 3.8) is 0 Å². The summed E-state index contributed by atoms with van der Waals surface area (Å²) >= 11 is 1.02. The molecule has 2 aliphatic rings. The first-order valence-corrected chi connectivity index (χ1v) is 7.57. The van der Waals surface area contributed by atoms with E-state index in [-0.39, 0.29) is 29.9 Å². The van der Waals surface area contributed by atoms with Crippen LogP contribution in [0.2, 0.25) is 0 Å². The molecule has 0 bridgehead atoms. The lowest BCUT2D eigenvalue weighted by Gasteiger charge is -2.14. The van der Waals surface area contributed by atoms with E-state index in [2.05, 4.69) is 10.2 Å². The third-order valence-electron chi connectivity index (χ3n) is 3.63. The normalized spacial score (nSPS) is 22.1. The second-order valence-electron chi connectivity index (χ2n) is 5.18. The van der Waals surface area contributed by atoms with Crippen molar-refractivity contribution >= 4 is 29.5 Å². The van der Waals surface area contributed by atoms with E-state index in [1.165, 1.54) is 7.05 Å². The number of carboxylic acid groups (broad SMARTS) is 1. The fraction of sp³-hybridized carbons (Fsp3) is 0.583. The Morgan fingerprint density at radius 2 is 2.10 bits per heavy atom. The fourth-order valence-corrected chi connectivity index (χ4v) is 3.07. The van der Waals surface area contributed by atoms with Crippen LogP contribution in [0.15, 0.2) is 5.16 Å². The predicted molar refractivity (Wildman–Crippen MR) is 71.8 cm³/mol. The van der Waals surface area contributed by atoms with Crippen molar-refractivity contribution in [2.24, 2.45) is 0 Å². The number of carbonyl (C=O) groups is 3. The SMILES string of the molecule is CN1C(=O)CC(n2c(SCC(=O)O)nnc2C2CC2)C1=O. The van der Waals surface area contributed by atoms with Gasteiger partial charge in [-0.1, -0.05) is 11.8 Å². The van der Waals surface area contributed by atoms with Crippen LogP contribution in [0.4, 0.5) is 0 Å². The topological polar surface area (TPSA) is 105 Å². The Hall–Kier alpha value is -1.90. The Morgan fingerprint density at radius 1 is 1.38 bits per heavy atom. The van der Waals surface area contributed by atoms with Crippen molar-refractivity contribution in [3.05, 3.63) is 5.82 Å². The van der Waals surface area contributed by atoms with Gasteiger partial charge in [-0.2, -0.15) is 0 Å². The number of likely N-dealkylation sites (N-methyl/N-ethyl adjacent to an activating group) is 1. The molecule has 3 rings (SSSR count). The number of hydrogen-bond acceptors (Lipinski definition) is 6. The number of aromatic nitrogens is 3. The molecule has 0 spiro atoms. The van der Waals surface area contributed by atoms with Gasteiger partial charge < -0.3 is 5.11 Å². The molecular formula is C12H14N4O4S. The first-order valence-electron chi connectivity index (χ1n) is 6.59. The molecule has 2 amide bonds. The summed E-state index contributed by atoms with van der Waals surface area (Å²) in [7, 11) is 1.45. The second-order valence-corrected chi connectivity index (χ2v) is 6.12. The average Bonchev–Trinajstić information content (AvgIpc) is 3.15. The fourth-order valence-electron chi connectivity index (χ4n) is 2.36. The quantitative estimate of drug-likeness (QED) is 0.614. The summed E-state index contributed by atoms with van der Waals surface area (Å²) in [6, 6.07) is -0.649. The van der Waals surface area contributed by atoms with E-state index >= 15 is 0 Å². The van der Waals surface area contributed by atoms with E-state index in [0.717, 1.165) is 29.5 Å². The van der Waals surface area contributed by atoms with Crippen molar-refractivity contribution in [3.8, 4) is 0 Å². The summed E-state index contributed by atoms with van der Waals surface area (Å²) < 4.78 is 1.66. The van der Waals surface area contributed by atoms with Gasteiger partial charge in [0.2, 0.25) is 5.91 Å². The zero-order chi connectivity index (χ0) is 15.1. The Kier molecular flexibility index (Phi) is 3.44. The van der Waals surface area contributed by atoms with Crippen molar-refractivity contribution in [1.29, 1.82) is 0 Å². The minimum Gasteiger partial charge on any atom is -0.481 e. The number of hydrogen-bond donors (Lipinski definition) is 1. The molecule has 1 aliphatic heterocycles. The van der Waals surface area contributed by atoms with Crippen molar-refractivity contribution in [2.75, 3.05) is 12.8 Å². The third kappa shape index (κ3) is 2.53. The number of carbonyl (C=O) groups excluding carboxylic acids is 2. The maximum Gasteiger partial charge on any atom is 0.313 e. The van der Waals surface area contributed by atoms with Gasteiger partial charge in [-0.15, -0.1) is 10.2 Å². The molecule has 9 heteroatoms. The zero-order valence-corrected chi connectivity index (χ0v) is 12.2. The highest BCUT2D eigenvalue weighted by Gasteiger charge is 2.42. The smallest absolute Gasteiger partial charge is 0.313 e. The lowest BCUT2D eigenvalue weighted by atomic mass is 10.2. The van der Waals surface area contributed by atoms with Crippen molar-refractivity contribution in [2.45, 2.75) is 36.4 Å². The van der Waals surface area contributed by atoms with Gasteiger partial charge in [-0.25, -0.2) is 0 Å². The minimum atomic E-state index is -0.964. The molecule has 2 fully saturated rings. The number of aliphatic carboxylic acids is 1. The molecule has 2 heterocycles. The summed E-state index contributed by atoms with van der Waals surface area (Å²) in [5.41, 5.74) is 0. The molecule has 8 nitrogen and oxygen atoms in total. The van der Waals surface area contributed by atoms with E-state index in [4.69, 9.17) is 5.11 Å². The lowest BCUT2D eigenvalue weighted by molar-refractivity contribution is -0.137. The summed E-state index contributed by atoms with van der Waals surface area (Å²) in [5.74, 6) is -0.718. The summed E-state index contributed by atoms with van der Waals surface area (Å²) in [6.07, 6.45) is 2.03. The second kappa shape index (κ2) is 5.14. The number of carboxylic acids is 1. The van der Waals surface area contributed by atoms with E-state index in [1.54, 1.807) is 4.57 Å². The molecule has 1 atom stereocenters. The predicted octanol–water partition coefficient (Wildman–Crippen LogP) is 0.262. The molecule has 1 saturated heterocycles. The Morgan fingerprint density at radius 3 is 2.62 bits per heavy atom. The maximum absolute atomic E-state index is 12.2. The largest absolute Gasteiger partial charge is 0.481 e. The maximum atomic E-state index is 12.2. The van der Waals surface area contributed by atoms with E-state index in [1.807, 2.05) is 0 Å². The van der Waals surface area contributed by atoms with Crippen LogP contribution in [-0.2, 0) is 14.4 Å². The van der Waals surface area contributed by atoms with Crippen LogP contribution in [0.3, 0.4) is 0 Å². The summed E-state index contributed by atoms with van der Waals surface area (Å²) in [5, 5.41) is 17.3. The van der Waals surface area contributed by atoms with Gasteiger partial charge in [0.1, 0.15) is 11.9 Å². The molecule has 1 unspecified atom stereocenters. The summed E-state index contributed by atoms with van der Waals surface area (Å²) in [4.78, 5) is 35.7. The van der Waals surface area contributed by atoms with E-state index < -0.39 is 12.0 Å². The molecule has 1 aromatic rings. The molecule has 1 saturated carbocycles. The van der Waals surface area contributed by atoms with Gasteiger partial charge in [0.05, 0.1) is 12.2 Å². The molecule has 0 aromatic carbocycles. The van der Waals surface area contributed by atoms with Crippen LogP contribution in [0, 0.1) is 0 Å². The average molecular weight is 310 g/mol. The van der Waals surface area contributed by atoms with Crippen LogP contribution in [0.25, 0.3) is 0 Å². The molecule has 112 valence electrons. The Bertz CT molecular complexity index is 625. The number of likely N-dealkylation sites (tertiary alicyclic amines) is 1. The Labute approximate surface area is 124 Å². The molecular weight excluding hydrogens is 296 g/mol. The minimum absolute atomic E-state index is 0.0771. The number of nitrogens with zero attached hydrogens (tertiary/aromatic N) is 4. The van der Waals surface area contributed by atoms with Gasteiger partial charge in [-0.05, 0) is 12.8 Å². The monoisotopic (exact) mass is 310 g/mol. The molecule has 21 heavy (non-hydrogen) atoms. The third-order valence-corrected chi connectivity index (χ3v) is 4.56. The standard InChI is InChI=1S/C12H14N4O4S/c1-15-8(17)4-7(11(15)20)16-10(6-2-3-6)13-14-12(16)21-5-9(18)19/h6-7H,2-5H2,1H3,(H,18,19). The molecule has 1 aliphatic carbocycles. The highest BCUT2D eigenvalue weighted by Crippen LogP contribution is 2.42. The van der Waals surface area contributed by atoms with Gasteiger partial charge in [0.15, 0.2) is 5.16 Å². The number of amides is 2. The van der Waals surface area contributed by atoms with Crippen molar-refractivity contribution in [1.82, 2.24) is 19.7 Å². The van der Waals surface area contributed by atoms with Crippen LogP contribution in [0.1, 0.15) is 37.0 Å². The zero-order valence-electron chi connectivity index (χ0n) is 11.4. The summed E-state index contributed by atoms with van der Waals surface area (Å²) in [6.45, 7) is 0. The van der Waals surface area contributed by atoms with Crippen LogP contribution in [0.5, 0.6) is 0 Å². The molecule has 1 aromatic heterocycles. The van der Waals surface area contributed by atoms with Crippen LogP contribution in [-0.4, -0.2) is 55.4 Å². The first-order chi connectivity index (χ1) is 9.99. The first kappa shape index (κ1) is 14.1. The van der Waals surface area contributed by atoms with Gasteiger partial charge in [0, 0.05) is 13.0 Å². The van der Waals surface area contributed by atoms with Crippen LogP contribution < -0.4 is 0 Å². The van der Waals surface area contributed by atoms with Crippen LogP contribution >= 0.6 is 11.8 Å². The number of thioether (sulfide) groups is 1. The van der Waals surface area contributed by atoms with E-state index in [0.29, 0.717) is 11.0 Å². The highest BCUT2D eigenvalue weighted by atomic mass is 32.2. The molecule has 1 N–H and O–H groups in total. The Balaban J connectivity index is 1.94. The number of rotatable bonds is 5. The van der Waals surface area contributed by atoms with Gasteiger partial charge >= 0.3 is 5.97 Å².